The molecule has 0 aromatic carbocycles. The van der Waals surface area contributed by atoms with E-state index in [-0.39, 0.29) is 0 Å². The van der Waals surface area contributed by atoms with Gasteiger partial charge in [-0.25, -0.2) is 0 Å². The zero-order valence-electron chi connectivity index (χ0n) is 10.3. The summed E-state index contributed by atoms with van der Waals surface area (Å²) in [7, 11) is 0. The number of fused-ring (bicyclic) bond motifs is 1. The zero-order valence-corrected chi connectivity index (χ0v) is 10.3. The molecule has 2 N–H and O–H groups in total. The van der Waals surface area contributed by atoms with Crippen LogP contribution >= 0.6 is 0 Å². The highest BCUT2D eigenvalue weighted by Gasteiger charge is 2.40. The Kier molecular flexibility index (Phi) is 3.18. The van der Waals surface area contributed by atoms with Crippen LogP contribution in [0.4, 0.5) is 0 Å². The number of nitrogens with zero attached hydrogens (tertiary/aromatic N) is 2. The Balaban J connectivity index is 1.62. The monoisotopic (exact) mass is 223 g/mol. The normalized spacial score (nSPS) is 41.4. The van der Waals surface area contributed by atoms with E-state index in [4.69, 9.17) is 5.73 Å². The van der Waals surface area contributed by atoms with Crippen molar-refractivity contribution in [2.75, 3.05) is 32.7 Å². The molecule has 3 aliphatic rings. The highest BCUT2D eigenvalue weighted by atomic mass is 15.3. The van der Waals surface area contributed by atoms with E-state index < -0.39 is 0 Å². The van der Waals surface area contributed by atoms with Crippen molar-refractivity contribution in [3.8, 4) is 0 Å². The van der Waals surface area contributed by atoms with Gasteiger partial charge in [0.1, 0.15) is 0 Å². The van der Waals surface area contributed by atoms with Gasteiger partial charge in [0.25, 0.3) is 0 Å². The van der Waals surface area contributed by atoms with Gasteiger partial charge < -0.3 is 5.73 Å². The predicted octanol–water partition coefficient (Wildman–Crippen LogP) is 0.894. The van der Waals surface area contributed by atoms with Crippen molar-refractivity contribution in [2.24, 2.45) is 11.7 Å². The predicted molar refractivity (Wildman–Crippen MR) is 66.4 cm³/mol. The van der Waals surface area contributed by atoms with Crippen LogP contribution in [0.15, 0.2) is 0 Å². The van der Waals surface area contributed by atoms with Crippen LogP contribution in [0.1, 0.15) is 32.1 Å². The average Bonchev–Trinajstić information content (AvgIpc) is 2.94. The summed E-state index contributed by atoms with van der Waals surface area (Å²) in [6, 6.07) is 1.74. The van der Waals surface area contributed by atoms with E-state index in [0.717, 1.165) is 24.5 Å². The van der Waals surface area contributed by atoms with Crippen molar-refractivity contribution in [3.05, 3.63) is 0 Å². The van der Waals surface area contributed by atoms with E-state index in [0.29, 0.717) is 0 Å². The second-order valence-corrected chi connectivity index (χ2v) is 5.84. The van der Waals surface area contributed by atoms with Gasteiger partial charge in [-0.15, -0.1) is 0 Å². The molecule has 3 heterocycles. The second-order valence-electron chi connectivity index (χ2n) is 5.84. The van der Waals surface area contributed by atoms with Crippen molar-refractivity contribution in [2.45, 2.75) is 44.2 Å². The van der Waals surface area contributed by atoms with Crippen LogP contribution in [-0.4, -0.2) is 54.6 Å². The topological polar surface area (TPSA) is 32.5 Å². The molecule has 3 heteroatoms. The SMILES string of the molecule is NCC1CCN(C2CCN3CCCCC23)C1. The largest absolute Gasteiger partial charge is 0.330 e. The Morgan fingerprint density at radius 2 is 1.69 bits per heavy atom. The van der Waals surface area contributed by atoms with Crippen molar-refractivity contribution >= 4 is 0 Å². The summed E-state index contributed by atoms with van der Waals surface area (Å²) < 4.78 is 0. The molecule has 0 aromatic heterocycles. The van der Waals surface area contributed by atoms with E-state index in [1.165, 1.54) is 58.3 Å². The number of likely N-dealkylation sites (tertiary alicyclic amines) is 1. The van der Waals surface area contributed by atoms with E-state index in [9.17, 15) is 0 Å². The first-order valence-electron chi connectivity index (χ1n) is 7.06. The van der Waals surface area contributed by atoms with Crippen LogP contribution in [0, 0.1) is 5.92 Å². The quantitative estimate of drug-likeness (QED) is 0.755. The minimum Gasteiger partial charge on any atom is -0.330 e. The smallest absolute Gasteiger partial charge is 0.0263 e. The lowest BCUT2D eigenvalue weighted by atomic mass is 9.98. The molecule has 3 aliphatic heterocycles. The lowest BCUT2D eigenvalue weighted by molar-refractivity contribution is 0.128. The molecule has 92 valence electrons. The molecule has 0 amide bonds. The van der Waals surface area contributed by atoms with E-state index in [2.05, 4.69) is 9.80 Å². The highest BCUT2D eigenvalue weighted by Crippen LogP contribution is 2.32. The van der Waals surface area contributed by atoms with Crippen LogP contribution in [0.2, 0.25) is 0 Å². The van der Waals surface area contributed by atoms with Gasteiger partial charge in [0.05, 0.1) is 0 Å². The minimum atomic E-state index is 0.776. The van der Waals surface area contributed by atoms with E-state index >= 15 is 0 Å². The first-order valence-corrected chi connectivity index (χ1v) is 7.06. The molecule has 0 aromatic rings. The lowest BCUT2D eigenvalue weighted by Crippen LogP contribution is -2.46. The number of hydrogen-bond acceptors (Lipinski definition) is 3. The van der Waals surface area contributed by atoms with Gasteiger partial charge in [0.15, 0.2) is 0 Å². The van der Waals surface area contributed by atoms with Crippen LogP contribution < -0.4 is 5.73 Å². The standard InChI is InChI=1S/C13H25N3/c14-9-11-4-7-16(10-11)13-5-8-15-6-2-1-3-12(13)15/h11-13H,1-10,14H2. The van der Waals surface area contributed by atoms with Crippen molar-refractivity contribution < 1.29 is 0 Å². The van der Waals surface area contributed by atoms with Crippen LogP contribution in [0.25, 0.3) is 0 Å². The van der Waals surface area contributed by atoms with Gasteiger partial charge in [-0.1, -0.05) is 6.42 Å². The summed E-state index contributed by atoms with van der Waals surface area (Å²) in [6.45, 7) is 6.16. The summed E-state index contributed by atoms with van der Waals surface area (Å²) >= 11 is 0. The third-order valence-corrected chi connectivity index (χ3v) is 4.94. The van der Waals surface area contributed by atoms with Crippen LogP contribution in [0.5, 0.6) is 0 Å². The molecule has 3 atom stereocenters. The fourth-order valence-corrected chi connectivity index (χ4v) is 4.00. The molecule has 0 saturated carbocycles. The molecule has 3 fully saturated rings. The number of rotatable bonds is 2. The minimum absolute atomic E-state index is 0.776. The third kappa shape index (κ3) is 1.89. The third-order valence-electron chi connectivity index (χ3n) is 4.94. The summed E-state index contributed by atoms with van der Waals surface area (Å²) in [6.07, 6.45) is 7.05. The number of hydrogen-bond donors (Lipinski definition) is 1. The summed E-state index contributed by atoms with van der Waals surface area (Å²) in [5.74, 6) is 0.776. The Morgan fingerprint density at radius 3 is 2.50 bits per heavy atom. The zero-order chi connectivity index (χ0) is 11.0. The van der Waals surface area contributed by atoms with Crippen molar-refractivity contribution in [1.29, 1.82) is 0 Å². The Hall–Kier alpha value is -0.120. The fraction of sp³-hybridized carbons (Fsp3) is 1.00. The van der Waals surface area contributed by atoms with Gasteiger partial charge >= 0.3 is 0 Å². The molecular weight excluding hydrogens is 198 g/mol. The number of nitrogens with two attached hydrogens (primary N) is 1. The Labute approximate surface area is 99.0 Å². The first-order chi connectivity index (χ1) is 7.88. The van der Waals surface area contributed by atoms with Gasteiger partial charge in [-0.3, -0.25) is 9.80 Å². The first kappa shape index (κ1) is 11.0. The van der Waals surface area contributed by atoms with Crippen molar-refractivity contribution in [1.82, 2.24) is 9.80 Å². The Bertz CT molecular complexity index is 243. The lowest BCUT2D eigenvalue weighted by Gasteiger charge is -2.36. The molecule has 0 aliphatic carbocycles. The fourth-order valence-electron chi connectivity index (χ4n) is 4.00. The maximum Gasteiger partial charge on any atom is 0.0263 e. The summed E-state index contributed by atoms with van der Waals surface area (Å²) in [4.78, 5) is 5.48. The highest BCUT2D eigenvalue weighted by molar-refractivity contribution is 4.97. The molecule has 0 spiro atoms. The van der Waals surface area contributed by atoms with E-state index in [1.807, 2.05) is 0 Å². The summed E-state index contributed by atoms with van der Waals surface area (Å²) in [5, 5.41) is 0. The van der Waals surface area contributed by atoms with Gasteiger partial charge in [-0.05, 0) is 51.2 Å². The summed E-state index contributed by atoms with van der Waals surface area (Å²) in [5.41, 5.74) is 5.79. The molecule has 3 unspecified atom stereocenters. The molecule has 0 bridgehead atoms. The average molecular weight is 223 g/mol. The van der Waals surface area contributed by atoms with Gasteiger partial charge in [0.2, 0.25) is 0 Å². The van der Waals surface area contributed by atoms with Crippen LogP contribution in [-0.2, 0) is 0 Å². The second kappa shape index (κ2) is 4.63. The van der Waals surface area contributed by atoms with Gasteiger partial charge in [0, 0.05) is 25.2 Å². The molecule has 3 nitrogen and oxygen atoms in total. The van der Waals surface area contributed by atoms with Crippen LogP contribution in [0.3, 0.4) is 0 Å². The number of piperidine rings is 1. The van der Waals surface area contributed by atoms with E-state index in [1.54, 1.807) is 0 Å². The van der Waals surface area contributed by atoms with Gasteiger partial charge in [-0.2, -0.15) is 0 Å². The molecule has 0 radical (unpaired) electrons. The molecule has 3 saturated heterocycles. The maximum absolute atomic E-state index is 5.79. The molecular formula is C13H25N3. The van der Waals surface area contributed by atoms with Crippen molar-refractivity contribution in [3.63, 3.8) is 0 Å². The maximum atomic E-state index is 5.79. The molecule has 16 heavy (non-hydrogen) atoms. The molecule has 3 rings (SSSR count). The Morgan fingerprint density at radius 1 is 0.875 bits per heavy atom.